The molecule has 1 aliphatic heterocycles. The zero-order chi connectivity index (χ0) is 21.6. The van der Waals surface area contributed by atoms with Crippen LogP contribution in [0.5, 0.6) is 5.75 Å². The van der Waals surface area contributed by atoms with E-state index >= 15 is 0 Å². The Labute approximate surface area is 181 Å². The van der Waals surface area contributed by atoms with Crippen molar-refractivity contribution in [3.05, 3.63) is 36.0 Å². The van der Waals surface area contributed by atoms with E-state index in [9.17, 15) is 4.79 Å². The van der Waals surface area contributed by atoms with Crippen LogP contribution < -0.4 is 10.1 Å². The number of amides is 1. The predicted octanol–water partition coefficient (Wildman–Crippen LogP) is 4.73. The fourth-order valence-electron chi connectivity index (χ4n) is 4.05. The second kappa shape index (κ2) is 10.3. The molecule has 1 atom stereocenters. The molecule has 3 rings (SSSR count). The molecule has 0 radical (unpaired) electrons. The number of nitrogens with zero attached hydrogens (tertiary/aromatic N) is 2. The van der Waals surface area contributed by atoms with E-state index in [1.807, 2.05) is 33.0 Å². The topological polar surface area (TPSA) is 54.5 Å². The SMILES string of the molecule is CCCCc1cc(O[C@@H]2CCN(CCCC(=O)NC(C)(C)C)C2)c2ncccc2c1. The van der Waals surface area contributed by atoms with Gasteiger partial charge in [-0.05, 0) is 76.8 Å². The Hall–Kier alpha value is -2.14. The van der Waals surface area contributed by atoms with E-state index in [1.165, 1.54) is 18.4 Å². The van der Waals surface area contributed by atoms with Crippen molar-refractivity contribution in [2.75, 3.05) is 19.6 Å². The molecule has 5 nitrogen and oxygen atoms in total. The average Bonchev–Trinajstić information content (AvgIpc) is 3.12. The van der Waals surface area contributed by atoms with E-state index in [0.29, 0.717) is 6.42 Å². The lowest BCUT2D eigenvalue weighted by Crippen LogP contribution is -2.40. The normalized spacial score (nSPS) is 17.4. The Bertz CT molecular complexity index is 844. The zero-order valence-corrected chi connectivity index (χ0v) is 19.0. The molecule has 1 aromatic carbocycles. The van der Waals surface area contributed by atoms with Crippen LogP contribution in [0.1, 0.15) is 65.4 Å². The Balaban J connectivity index is 1.55. The number of ether oxygens (including phenoxy) is 1. The summed E-state index contributed by atoms with van der Waals surface area (Å²) in [4.78, 5) is 19.0. The predicted molar refractivity (Wildman–Crippen MR) is 123 cm³/mol. The van der Waals surface area contributed by atoms with Gasteiger partial charge in [-0.2, -0.15) is 0 Å². The van der Waals surface area contributed by atoms with E-state index in [1.54, 1.807) is 0 Å². The second-order valence-electron chi connectivity index (χ2n) is 9.50. The highest BCUT2D eigenvalue weighted by molar-refractivity contribution is 5.85. The van der Waals surface area contributed by atoms with Gasteiger partial charge in [-0.15, -0.1) is 0 Å². The van der Waals surface area contributed by atoms with Crippen molar-refractivity contribution in [1.82, 2.24) is 15.2 Å². The second-order valence-corrected chi connectivity index (χ2v) is 9.50. The number of aryl methyl sites for hydroxylation is 1. The van der Waals surface area contributed by atoms with Gasteiger partial charge >= 0.3 is 0 Å². The number of pyridine rings is 1. The summed E-state index contributed by atoms with van der Waals surface area (Å²) in [7, 11) is 0. The van der Waals surface area contributed by atoms with Gasteiger partial charge in [0.05, 0.1) is 0 Å². The maximum Gasteiger partial charge on any atom is 0.220 e. The van der Waals surface area contributed by atoms with E-state index in [0.717, 1.165) is 55.5 Å². The quantitative estimate of drug-likeness (QED) is 0.648. The molecule has 1 N–H and O–H groups in total. The van der Waals surface area contributed by atoms with Gasteiger partial charge in [0.25, 0.3) is 0 Å². The van der Waals surface area contributed by atoms with Gasteiger partial charge in [0.2, 0.25) is 5.91 Å². The molecule has 2 aromatic rings. The van der Waals surface area contributed by atoms with Gasteiger partial charge < -0.3 is 10.1 Å². The number of fused-ring (bicyclic) bond motifs is 1. The van der Waals surface area contributed by atoms with Crippen LogP contribution in [0.25, 0.3) is 10.9 Å². The van der Waals surface area contributed by atoms with Crippen LogP contribution in [0.3, 0.4) is 0 Å². The molecular formula is C25H37N3O2. The third-order valence-electron chi connectivity index (χ3n) is 5.46. The molecule has 1 aromatic heterocycles. The van der Waals surface area contributed by atoms with Crippen LogP contribution in [0.2, 0.25) is 0 Å². The number of rotatable bonds is 9. The van der Waals surface area contributed by atoms with Crippen LogP contribution in [0.4, 0.5) is 0 Å². The first-order chi connectivity index (χ1) is 14.3. The molecule has 0 aliphatic carbocycles. The Kier molecular flexibility index (Phi) is 7.70. The number of likely N-dealkylation sites (tertiary alicyclic amines) is 1. The van der Waals surface area contributed by atoms with E-state index < -0.39 is 0 Å². The summed E-state index contributed by atoms with van der Waals surface area (Å²) in [5.74, 6) is 1.05. The van der Waals surface area contributed by atoms with Crippen molar-refractivity contribution in [1.29, 1.82) is 0 Å². The summed E-state index contributed by atoms with van der Waals surface area (Å²) < 4.78 is 6.45. The third kappa shape index (κ3) is 6.69. The van der Waals surface area contributed by atoms with Gasteiger partial charge in [0, 0.05) is 36.6 Å². The number of carbonyl (C=O) groups is 1. The van der Waals surface area contributed by atoms with E-state index in [4.69, 9.17) is 4.74 Å². The monoisotopic (exact) mass is 411 g/mol. The summed E-state index contributed by atoms with van der Waals surface area (Å²) >= 11 is 0. The molecule has 1 amide bonds. The van der Waals surface area contributed by atoms with Crippen molar-refractivity contribution in [2.45, 2.75) is 77.9 Å². The van der Waals surface area contributed by atoms with Crippen molar-refractivity contribution >= 4 is 16.8 Å². The van der Waals surface area contributed by atoms with E-state index in [2.05, 4.69) is 40.3 Å². The smallest absolute Gasteiger partial charge is 0.220 e. The Morgan fingerprint density at radius 2 is 2.13 bits per heavy atom. The lowest BCUT2D eigenvalue weighted by Gasteiger charge is -2.21. The lowest BCUT2D eigenvalue weighted by atomic mass is 10.0. The fourth-order valence-corrected chi connectivity index (χ4v) is 4.05. The van der Waals surface area contributed by atoms with E-state index in [-0.39, 0.29) is 17.6 Å². The summed E-state index contributed by atoms with van der Waals surface area (Å²) in [5.41, 5.74) is 2.12. The number of hydrogen-bond donors (Lipinski definition) is 1. The number of carbonyl (C=O) groups excluding carboxylic acids is 1. The molecule has 0 spiro atoms. The highest BCUT2D eigenvalue weighted by Gasteiger charge is 2.25. The molecule has 30 heavy (non-hydrogen) atoms. The molecule has 2 heterocycles. The van der Waals surface area contributed by atoms with Gasteiger partial charge in [0.15, 0.2) is 0 Å². The van der Waals surface area contributed by atoms with Crippen molar-refractivity contribution in [3.8, 4) is 5.75 Å². The molecule has 1 aliphatic rings. The average molecular weight is 412 g/mol. The molecule has 1 saturated heterocycles. The van der Waals surface area contributed by atoms with Crippen LogP contribution in [-0.4, -0.2) is 47.1 Å². The van der Waals surface area contributed by atoms with Crippen molar-refractivity contribution in [2.24, 2.45) is 0 Å². The third-order valence-corrected chi connectivity index (χ3v) is 5.46. The maximum absolute atomic E-state index is 12.0. The van der Waals surface area contributed by atoms with Gasteiger partial charge in [-0.1, -0.05) is 19.4 Å². The zero-order valence-electron chi connectivity index (χ0n) is 19.0. The molecule has 5 heteroatoms. The van der Waals surface area contributed by atoms with Crippen molar-refractivity contribution < 1.29 is 9.53 Å². The maximum atomic E-state index is 12.0. The van der Waals surface area contributed by atoms with Crippen molar-refractivity contribution in [3.63, 3.8) is 0 Å². The first kappa shape index (κ1) is 22.5. The Morgan fingerprint density at radius 3 is 2.90 bits per heavy atom. The summed E-state index contributed by atoms with van der Waals surface area (Å²) in [5, 5.41) is 4.19. The Morgan fingerprint density at radius 1 is 1.30 bits per heavy atom. The van der Waals surface area contributed by atoms with Crippen LogP contribution >= 0.6 is 0 Å². The number of aromatic nitrogens is 1. The fraction of sp³-hybridized carbons (Fsp3) is 0.600. The number of hydrogen-bond acceptors (Lipinski definition) is 4. The molecule has 0 unspecified atom stereocenters. The highest BCUT2D eigenvalue weighted by atomic mass is 16.5. The minimum atomic E-state index is -0.161. The summed E-state index contributed by atoms with van der Waals surface area (Å²) in [6.07, 6.45) is 7.94. The standard InChI is InChI=1S/C25H37N3O2/c1-5-6-9-19-16-20-10-7-13-26-24(20)22(17-19)30-21-12-15-28(18-21)14-8-11-23(29)27-25(2,3)4/h7,10,13,16-17,21H,5-6,8-9,11-12,14-15,18H2,1-4H3,(H,27,29)/t21-/m1/s1. The van der Waals surface area contributed by atoms with Gasteiger partial charge in [-0.25, -0.2) is 0 Å². The summed E-state index contributed by atoms with van der Waals surface area (Å²) in [6.45, 7) is 11.1. The van der Waals surface area contributed by atoms with Crippen LogP contribution in [0, 0.1) is 0 Å². The first-order valence-corrected chi connectivity index (χ1v) is 11.4. The molecule has 0 saturated carbocycles. The minimum absolute atomic E-state index is 0.135. The molecule has 164 valence electrons. The van der Waals surface area contributed by atoms with Crippen LogP contribution in [-0.2, 0) is 11.2 Å². The number of unbranched alkanes of at least 4 members (excludes halogenated alkanes) is 1. The molecule has 0 bridgehead atoms. The molecule has 1 fully saturated rings. The number of benzene rings is 1. The molecular weight excluding hydrogens is 374 g/mol. The minimum Gasteiger partial charge on any atom is -0.487 e. The summed E-state index contributed by atoms with van der Waals surface area (Å²) in [6, 6.07) is 8.54. The van der Waals surface area contributed by atoms with Gasteiger partial charge in [-0.3, -0.25) is 14.7 Å². The highest BCUT2D eigenvalue weighted by Crippen LogP contribution is 2.29. The largest absolute Gasteiger partial charge is 0.487 e. The van der Waals surface area contributed by atoms with Gasteiger partial charge in [0.1, 0.15) is 17.4 Å². The lowest BCUT2D eigenvalue weighted by molar-refractivity contribution is -0.122. The first-order valence-electron chi connectivity index (χ1n) is 11.4. The number of nitrogens with one attached hydrogen (secondary N) is 1. The van der Waals surface area contributed by atoms with Crippen LogP contribution in [0.15, 0.2) is 30.5 Å².